The summed E-state index contributed by atoms with van der Waals surface area (Å²) >= 11 is 0. The fraction of sp³-hybridized carbons (Fsp3) is 0.364. The molecule has 1 saturated carbocycles. The maximum atomic E-state index is 11.8. The molecule has 0 radical (unpaired) electrons. The quantitative estimate of drug-likeness (QED) is 0.795. The molecule has 1 fully saturated rings. The zero-order chi connectivity index (χ0) is 11.8. The van der Waals surface area contributed by atoms with Gasteiger partial charge in [0.2, 0.25) is 5.91 Å². The lowest BCUT2D eigenvalue weighted by molar-refractivity contribution is -0.122. The van der Waals surface area contributed by atoms with Gasteiger partial charge in [0.1, 0.15) is 6.54 Å². The first kappa shape index (κ1) is 10.1. The molecule has 17 heavy (non-hydrogen) atoms. The molecule has 1 amide bonds. The Kier molecular flexibility index (Phi) is 2.21. The highest BCUT2D eigenvalue weighted by atomic mass is 16.2. The Hall–Kier alpha value is -2.11. The van der Waals surface area contributed by atoms with Crippen molar-refractivity contribution in [3.63, 3.8) is 0 Å². The van der Waals surface area contributed by atoms with E-state index in [1.807, 2.05) is 0 Å². The summed E-state index contributed by atoms with van der Waals surface area (Å²) in [6.07, 6.45) is 3.71. The summed E-state index contributed by atoms with van der Waals surface area (Å²) in [7, 11) is 0. The normalized spacial score (nSPS) is 15.1. The van der Waals surface area contributed by atoms with Crippen LogP contribution in [0.5, 0.6) is 0 Å². The summed E-state index contributed by atoms with van der Waals surface area (Å²) in [4.78, 5) is 23.4. The van der Waals surface area contributed by atoms with Gasteiger partial charge in [-0.1, -0.05) is 6.07 Å². The van der Waals surface area contributed by atoms with Gasteiger partial charge >= 0.3 is 5.69 Å². The number of carbonyl (C=O) groups excluding carboxylic acids is 1. The molecule has 0 bridgehead atoms. The van der Waals surface area contributed by atoms with Gasteiger partial charge in [-0.15, -0.1) is 5.10 Å². The number of nitrogens with one attached hydrogen (secondary N) is 1. The predicted molar refractivity (Wildman–Crippen MR) is 60.6 cm³/mol. The van der Waals surface area contributed by atoms with E-state index in [2.05, 4.69) is 10.4 Å². The van der Waals surface area contributed by atoms with E-state index < -0.39 is 0 Å². The molecule has 0 atom stereocenters. The standard InChI is InChI=1S/C11H12N4O2/c16-10(12-8-4-5-8)7-15-11(17)14-6-2-1-3-9(14)13-15/h1-3,6,8H,4-5,7H2,(H,12,16). The molecular formula is C11H12N4O2. The molecule has 0 aromatic carbocycles. The van der Waals surface area contributed by atoms with Crippen LogP contribution in [-0.2, 0) is 11.3 Å². The van der Waals surface area contributed by atoms with E-state index >= 15 is 0 Å². The molecule has 6 nitrogen and oxygen atoms in total. The van der Waals surface area contributed by atoms with Gasteiger partial charge in [-0.3, -0.25) is 9.20 Å². The Labute approximate surface area is 96.9 Å². The largest absolute Gasteiger partial charge is 0.352 e. The fourth-order valence-corrected chi connectivity index (χ4v) is 1.71. The maximum absolute atomic E-state index is 11.8. The number of rotatable bonds is 3. The predicted octanol–water partition coefficient (Wildman–Crippen LogP) is -0.225. The highest BCUT2D eigenvalue weighted by molar-refractivity contribution is 5.76. The zero-order valence-corrected chi connectivity index (χ0v) is 9.17. The Bertz CT molecular complexity index is 624. The third-order valence-corrected chi connectivity index (χ3v) is 2.72. The van der Waals surface area contributed by atoms with Gasteiger partial charge < -0.3 is 5.32 Å². The number of aromatic nitrogens is 3. The van der Waals surface area contributed by atoms with Crippen molar-refractivity contribution < 1.29 is 4.79 Å². The molecule has 1 N–H and O–H groups in total. The second-order valence-corrected chi connectivity index (χ2v) is 4.21. The van der Waals surface area contributed by atoms with Crippen LogP contribution in [-0.4, -0.2) is 26.1 Å². The SMILES string of the molecule is O=C(Cn1nc2ccccn2c1=O)NC1CC1. The van der Waals surface area contributed by atoms with Gasteiger partial charge in [-0.2, -0.15) is 0 Å². The Morgan fingerprint density at radius 1 is 1.47 bits per heavy atom. The van der Waals surface area contributed by atoms with E-state index in [0.29, 0.717) is 11.7 Å². The van der Waals surface area contributed by atoms with Crippen molar-refractivity contribution in [3.05, 3.63) is 34.9 Å². The lowest BCUT2D eigenvalue weighted by atomic mass is 10.5. The summed E-state index contributed by atoms with van der Waals surface area (Å²) in [6, 6.07) is 5.59. The van der Waals surface area contributed by atoms with Crippen molar-refractivity contribution in [2.24, 2.45) is 0 Å². The fourth-order valence-electron chi connectivity index (χ4n) is 1.71. The number of amides is 1. The third kappa shape index (κ3) is 1.93. The molecular weight excluding hydrogens is 220 g/mol. The van der Waals surface area contributed by atoms with Gasteiger partial charge in [0, 0.05) is 12.2 Å². The highest BCUT2D eigenvalue weighted by Gasteiger charge is 2.23. The number of nitrogens with zero attached hydrogens (tertiary/aromatic N) is 3. The molecule has 0 aliphatic heterocycles. The van der Waals surface area contributed by atoms with E-state index in [0.717, 1.165) is 12.8 Å². The number of hydrogen-bond donors (Lipinski definition) is 1. The number of pyridine rings is 1. The Morgan fingerprint density at radius 2 is 2.29 bits per heavy atom. The van der Waals surface area contributed by atoms with Gasteiger partial charge in [0.15, 0.2) is 5.65 Å². The summed E-state index contributed by atoms with van der Waals surface area (Å²) in [5.41, 5.74) is 0.267. The highest BCUT2D eigenvalue weighted by Crippen LogP contribution is 2.18. The molecule has 1 aliphatic carbocycles. The minimum Gasteiger partial charge on any atom is -0.352 e. The topological polar surface area (TPSA) is 68.4 Å². The van der Waals surface area contributed by atoms with Crippen LogP contribution in [0.4, 0.5) is 0 Å². The zero-order valence-electron chi connectivity index (χ0n) is 9.17. The van der Waals surface area contributed by atoms with Crippen molar-refractivity contribution in [3.8, 4) is 0 Å². The van der Waals surface area contributed by atoms with E-state index in [-0.39, 0.29) is 18.1 Å². The lowest BCUT2D eigenvalue weighted by Crippen LogP contribution is -2.33. The first-order valence-corrected chi connectivity index (χ1v) is 5.57. The van der Waals surface area contributed by atoms with E-state index in [4.69, 9.17) is 0 Å². The van der Waals surface area contributed by atoms with Crippen LogP contribution < -0.4 is 11.0 Å². The summed E-state index contributed by atoms with van der Waals surface area (Å²) in [6.45, 7) is -0.0169. The summed E-state index contributed by atoms with van der Waals surface area (Å²) in [5, 5.41) is 6.91. The van der Waals surface area contributed by atoms with Gasteiger partial charge in [0.25, 0.3) is 0 Å². The van der Waals surface area contributed by atoms with E-state index in [1.54, 1.807) is 24.4 Å². The van der Waals surface area contributed by atoms with Crippen molar-refractivity contribution in [2.75, 3.05) is 0 Å². The molecule has 3 rings (SSSR count). The second kappa shape index (κ2) is 3.73. The summed E-state index contributed by atoms with van der Waals surface area (Å²) in [5.74, 6) is -0.155. The molecule has 1 aliphatic rings. The smallest absolute Gasteiger partial charge is 0.350 e. The lowest BCUT2D eigenvalue weighted by Gasteiger charge is -2.01. The minimum atomic E-state index is -0.286. The molecule has 6 heteroatoms. The molecule has 88 valence electrons. The van der Waals surface area contributed by atoms with Crippen LogP contribution in [0.1, 0.15) is 12.8 Å². The molecule has 2 aromatic rings. The number of fused-ring (bicyclic) bond motifs is 1. The number of carbonyl (C=O) groups is 1. The molecule has 0 unspecified atom stereocenters. The van der Waals surface area contributed by atoms with Crippen LogP contribution in [0.2, 0.25) is 0 Å². The van der Waals surface area contributed by atoms with Crippen LogP contribution >= 0.6 is 0 Å². The molecule has 2 heterocycles. The third-order valence-electron chi connectivity index (χ3n) is 2.72. The van der Waals surface area contributed by atoms with Gasteiger partial charge in [0.05, 0.1) is 0 Å². The average molecular weight is 232 g/mol. The molecule has 2 aromatic heterocycles. The van der Waals surface area contributed by atoms with E-state index in [9.17, 15) is 9.59 Å². The van der Waals surface area contributed by atoms with Crippen molar-refractivity contribution >= 4 is 11.6 Å². The Morgan fingerprint density at radius 3 is 3.00 bits per heavy atom. The average Bonchev–Trinajstić information content (AvgIpc) is 3.06. The maximum Gasteiger partial charge on any atom is 0.350 e. The molecule has 0 saturated heterocycles. The molecule has 0 spiro atoms. The second-order valence-electron chi connectivity index (χ2n) is 4.21. The van der Waals surface area contributed by atoms with Gasteiger partial charge in [-0.25, -0.2) is 9.48 Å². The van der Waals surface area contributed by atoms with Crippen molar-refractivity contribution in [2.45, 2.75) is 25.4 Å². The van der Waals surface area contributed by atoms with Gasteiger partial charge in [-0.05, 0) is 25.0 Å². The minimum absolute atomic E-state index is 0.0169. The van der Waals surface area contributed by atoms with Crippen LogP contribution in [0, 0.1) is 0 Å². The van der Waals surface area contributed by atoms with Crippen LogP contribution in [0.15, 0.2) is 29.2 Å². The first-order chi connectivity index (χ1) is 8.24. The number of hydrogen-bond acceptors (Lipinski definition) is 3. The van der Waals surface area contributed by atoms with Crippen molar-refractivity contribution in [1.29, 1.82) is 0 Å². The monoisotopic (exact) mass is 232 g/mol. The Balaban J connectivity index is 1.86. The van der Waals surface area contributed by atoms with Crippen molar-refractivity contribution in [1.82, 2.24) is 19.5 Å². The van der Waals surface area contributed by atoms with Crippen LogP contribution in [0.3, 0.4) is 0 Å². The van der Waals surface area contributed by atoms with E-state index in [1.165, 1.54) is 9.08 Å². The van der Waals surface area contributed by atoms with Crippen LogP contribution in [0.25, 0.3) is 5.65 Å². The summed E-state index contributed by atoms with van der Waals surface area (Å²) < 4.78 is 2.61. The first-order valence-electron chi connectivity index (χ1n) is 5.57.